The Labute approximate surface area is 93.8 Å². The summed E-state index contributed by atoms with van der Waals surface area (Å²) in [6, 6.07) is 15.6. The van der Waals surface area contributed by atoms with E-state index in [1.165, 1.54) is 4.90 Å². The molecule has 0 bridgehead atoms. The highest BCUT2D eigenvalue weighted by Gasteiger charge is 2.02. The zero-order chi connectivity index (χ0) is 10.7. The molecule has 0 radical (unpaired) electrons. The second-order valence-corrected chi connectivity index (χ2v) is 4.13. The molecule has 0 aliphatic rings. The average molecular weight is 216 g/mol. The summed E-state index contributed by atoms with van der Waals surface area (Å²) >= 11 is 1.70. The third kappa shape index (κ3) is 2.16. The summed E-state index contributed by atoms with van der Waals surface area (Å²) in [5.74, 6) is 0.329. The molecule has 1 N–H and O–H groups in total. The van der Waals surface area contributed by atoms with Gasteiger partial charge in [0.1, 0.15) is 5.75 Å². The van der Waals surface area contributed by atoms with Crippen molar-refractivity contribution < 1.29 is 5.11 Å². The Balaban J connectivity index is 2.49. The topological polar surface area (TPSA) is 20.2 Å². The van der Waals surface area contributed by atoms with Gasteiger partial charge >= 0.3 is 0 Å². The lowest BCUT2D eigenvalue weighted by atomic mass is 10.1. The molecule has 2 rings (SSSR count). The molecule has 2 aromatic rings. The molecule has 0 atom stereocenters. The molecule has 0 saturated carbocycles. The zero-order valence-corrected chi connectivity index (χ0v) is 9.29. The van der Waals surface area contributed by atoms with Gasteiger partial charge in [-0.25, -0.2) is 0 Å². The molecule has 76 valence electrons. The van der Waals surface area contributed by atoms with Crippen molar-refractivity contribution in [2.75, 3.05) is 6.26 Å². The first-order chi connectivity index (χ1) is 7.31. The van der Waals surface area contributed by atoms with E-state index in [1.807, 2.05) is 36.6 Å². The Morgan fingerprint density at radius 1 is 1.00 bits per heavy atom. The maximum atomic E-state index is 9.72. The van der Waals surface area contributed by atoms with Gasteiger partial charge in [-0.05, 0) is 30.0 Å². The molecule has 0 saturated heterocycles. The van der Waals surface area contributed by atoms with Gasteiger partial charge in [0, 0.05) is 10.5 Å². The molecule has 0 fully saturated rings. The SMILES string of the molecule is CSc1cccc(-c2ccccc2O)c1. The smallest absolute Gasteiger partial charge is 0.123 e. The molecular weight excluding hydrogens is 204 g/mol. The van der Waals surface area contributed by atoms with Gasteiger partial charge in [-0.3, -0.25) is 0 Å². The van der Waals surface area contributed by atoms with Crippen molar-refractivity contribution in [1.29, 1.82) is 0 Å². The van der Waals surface area contributed by atoms with Crippen molar-refractivity contribution in [3.63, 3.8) is 0 Å². The van der Waals surface area contributed by atoms with E-state index < -0.39 is 0 Å². The maximum absolute atomic E-state index is 9.72. The lowest BCUT2D eigenvalue weighted by Gasteiger charge is -2.05. The van der Waals surface area contributed by atoms with Crippen molar-refractivity contribution in [1.82, 2.24) is 0 Å². The molecule has 0 unspecified atom stereocenters. The molecule has 0 amide bonds. The van der Waals surface area contributed by atoms with Crippen LogP contribution >= 0.6 is 11.8 Å². The molecule has 1 nitrogen and oxygen atoms in total. The highest BCUT2D eigenvalue weighted by Crippen LogP contribution is 2.30. The summed E-state index contributed by atoms with van der Waals surface area (Å²) in [6.07, 6.45) is 2.05. The van der Waals surface area contributed by atoms with E-state index in [-0.39, 0.29) is 0 Å². The van der Waals surface area contributed by atoms with Gasteiger partial charge in [-0.1, -0.05) is 30.3 Å². The van der Waals surface area contributed by atoms with Crippen LogP contribution in [0.4, 0.5) is 0 Å². The summed E-state index contributed by atoms with van der Waals surface area (Å²) in [7, 11) is 0. The minimum atomic E-state index is 0.329. The zero-order valence-electron chi connectivity index (χ0n) is 8.47. The average Bonchev–Trinajstić information content (AvgIpc) is 2.30. The quantitative estimate of drug-likeness (QED) is 0.771. The molecular formula is C13H12OS. The van der Waals surface area contributed by atoms with Crippen LogP contribution in [0.15, 0.2) is 53.4 Å². The van der Waals surface area contributed by atoms with Gasteiger partial charge in [0.05, 0.1) is 0 Å². The van der Waals surface area contributed by atoms with E-state index in [9.17, 15) is 5.11 Å². The van der Waals surface area contributed by atoms with E-state index in [0.717, 1.165) is 11.1 Å². The first kappa shape index (κ1) is 10.1. The Bertz CT molecular complexity index is 466. The van der Waals surface area contributed by atoms with Crippen molar-refractivity contribution in [2.45, 2.75) is 4.90 Å². The normalized spacial score (nSPS) is 10.2. The van der Waals surface area contributed by atoms with Gasteiger partial charge < -0.3 is 5.11 Å². The van der Waals surface area contributed by atoms with Crippen molar-refractivity contribution >= 4 is 11.8 Å². The summed E-state index contributed by atoms with van der Waals surface area (Å²) in [5, 5.41) is 9.72. The number of phenolic OH excluding ortho intramolecular Hbond substituents is 1. The first-order valence-corrected chi connectivity index (χ1v) is 5.96. The summed E-state index contributed by atoms with van der Waals surface area (Å²) in [5.41, 5.74) is 1.94. The largest absolute Gasteiger partial charge is 0.507 e. The lowest BCUT2D eigenvalue weighted by Crippen LogP contribution is -1.79. The summed E-state index contributed by atoms with van der Waals surface area (Å²) in [4.78, 5) is 1.20. The standard InChI is InChI=1S/C13H12OS/c1-15-11-6-4-5-10(9-11)12-7-2-3-8-13(12)14/h2-9,14H,1H3. The van der Waals surface area contributed by atoms with E-state index in [1.54, 1.807) is 17.8 Å². The Morgan fingerprint density at radius 2 is 1.80 bits per heavy atom. The predicted octanol–water partition coefficient (Wildman–Crippen LogP) is 3.78. The number of benzene rings is 2. The Morgan fingerprint density at radius 3 is 2.53 bits per heavy atom. The van der Waals surface area contributed by atoms with E-state index in [0.29, 0.717) is 5.75 Å². The van der Waals surface area contributed by atoms with Gasteiger partial charge in [0.2, 0.25) is 0 Å². The third-order valence-corrected chi connectivity index (χ3v) is 3.01. The van der Waals surface area contributed by atoms with Crippen LogP contribution in [0.1, 0.15) is 0 Å². The number of hydrogen-bond donors (Lipinski definition) is 1. The van der Waals surface area contributed by atoms with E-state index >= 15 is 0 Å². The van der Waals surface area contributed by atoms with Crippen LogP contribution in [-0.2, 0) is 0 Å². The second kappa shape index (κ2) is 4.41. The molecule has 2 aromatic carbocycles. The fourth-order valence-corrected chi connectivity index (χ4v) is 1.97. The third-order valence-electron chi connectivity index (χ3n) is 2.28. The second-order valence-electron chi connectivity index (χ2n) is 3.25. The number of thioether (sulfide) groups is 1. The summed E-state index contributed by atoms with van der Waals surface area (Å²) in [6.45, 7) is 0. The van der Waals surface area contributed by atoms with Gasteiger partial charge in [-0.2, -0.15) is 0 Å². The van der Waals surface area contributed by atoms with Gasteiger partial charge in [0.25, 0.3) is 0 Å². The predicted molar refractivity (Wildman–Crippen MR) is 65.3 cm³/mol. The fourth-order valence-electron chi connectivity index (χ4n) is 1.51. The van der Waals surface area contributed by atoms with Crippen LogP contribution in [0.25, 0.3) is 11.1 Å². The highest BCUT2D eigenvalue weighted by atomic mass is 32.2. The molecule has 0 spiro atoms. The highest BCUT2D eigenvalue weighted by molar-refractivity contribution is 7.98. The number of aromatic hydroxyl groups is 1. The lowest BCUT2D eigenvalue weighted by molar-refractivity contribution is 0.477. The van der Waals surface area contributed by atoms with Crippen molar-refractivity contribution in [3.05, 3.63) is 48.5 Å². The van der Waals surface area contributed by atoms with Crippen LogP contribution in [0.3, 0.4) is 0 Å². The molecule has 0 aromatic heterocycles. The fraction of sp³-hybridized carbons (Fsp3) is 0.0769. The van der Waals surface area contributed by atoms with Crippen LogP contribution in [0.2, 0.25) is 0 Å². The van der Waals surface area contributed by atoms with Crippen LogP contribution < -0.4 is 0 Å². The van der Waals surface area contributed by atoms with E-state index in [2.05, 4.69) is 12.1 Å². The number of phenols is 1. The van der Waals surface area contributed by atoms with Crippen LogP contribution in [0.5, 0.6) is 5.75 Å². The molecule has 15 heavy (non-hydrogen) atoms. The Kier molecular flexibility index (Phi) is 2.97. The maximum Gasteiger partial charge on any atom is 0.123 e. The van der Waals surface area contributed by atoms with Gasteiger partial charge in [0.15, 0.2) is 0 Å². The molecule has 0 heterocycles. The molecule has 0 aliphatic heterocycles. The van der Waals surface area contributed by atoms with Crippen LogP contribution in [-0.4, -0.2) is 11.4 Å². The van der Waals surface area contributed by atoms with Gasteiger partial charge in [-0.15, -0.1) is 11.8 Å². The number of para-hydroxylation sites is 1. The molecule has 2 heteroatoms. The summed E-state index contributed by atoms with van der Waals surface area (Å²) < 4.78 is 0. The van der Waals surface area contributed by atoms with Crippen LogP contribution in [0, 0.1) is 0 Å². The minimum absolute atomic E-state index is 0.329. The number of rotatable bonds is 2. The van der Waals surface area contributed by atoms with Crippen molar-refractivity contribution in [3.8, 4) is 16.9 Å². The van der Waals surface area contributed by atoms with Crippen molar-refractivity contribution in [2.24, 2.45) is 0 Å². The van der Waals surface area contributed by atoms with E-state index in [4.69, 9.17) is 0 Å². The first-order valence-electron chi connectivity index (χ1n) is 4.73. The number of hydrogen-bond acceptors (Lipinski definition) is 2. The molecule has 0 aliphatic carbocycles. The monoisotopic (exact) mass is 216 g/mol. The Hall–Kier alpha value is -1.41. The minimum Gasteiger partial charge on any atom is -0.507 e.